The number of fused-ring (bicyclic) bond motifs is 2. The first-order chi connectivity index (χ1) is 18.9. The van der Waals surface area contributed by atoms with Crippen molar-refractivity contribution in [1.29, 1.82) is 0 Å². The first-order valence-electron chi connectivity index (χ1n) is 13.1. The average molecular weight is 541 g/mol. The molecule has 6 nitrogen and oxygen atoms in total. The molecule has 1 aliphatic rings. The van der Waals surface area contributed by atoms with Gasteiger partial charge in [0, 0.05) is 39.8 Å². The van der Waals surface area contributed by atoms with Crippen LogP contribution in [0.5, 0.6) is 5.75 Å². The number of aromatic nitrogens is 1. The molecule has 0 bridgehead atoms. The zero-order valence-corrected chi connectivity index (χ0v) is 23.3. The summed E-state index contributed by atoms with van der Waals surface area (Å²) in [5.74, 6) is 0.265. The van der Waals surface area contributed by atoms with Crippen LogP contribution in [-0.2, 0) is 22.5 Å². The Morgan fingerprint density at radius 3 is 2.13 bits per heavy atom. The molecule has 1 aromatic heterocycles. The maximum absolute atomic E-state index is 13.0. The van der Waals surface area contributed by atoms with Crippen LogP contribution in [0.1, 0.15) is 33.7 Å². The Morgan fingerprint density at radius 2 is 1.49 bits per heavy atom. The van der Waals surface area contributed by atoms with Crippen molar-refractivity contribution in [2.24, 2.45) is 0 Å². The second kappa shape index (κ2) is 11.8. The molecule has 0 atom stereocenters. The lowest BCUT2D eigenvalue weighted by Gasteiger charge is -2.32. The van der Waals surface area contributed by atoms with Crippen molar-refractivity contribution in [3.05, 3.63) is 101 Å². The summed E-state index contributed by atoms with van der Waals surface area (Å²) in [6, 6.07) is 26.3. The topological polar surface area (TPSA) is 60.8 Å². The third-order valence-electron chi connectivity index (χ3n) is 7.09. The van der Waals surface area contributed by atoms with Gasteiger partial charge in [0.25, 0.3) is 0 Å². The minimum Gasteiger partial charge on any atom is -0.497 e. The van der Waals surface area contributed by atoms with Gasteiger partial charge in [0.1, 0.15) is 5.75 Å². The maximum Gasteiger partial charge on any atom is 0.308 e. The summed E-state index contributed by atoms with van der Waals surface area (Å²) >= 11 is 1.73. The van der Waals surface area contributed by atoms with Crippen molar-refractivity contribution in [1.82, 2.24) is 4.57 Å². The van der Waals surface area contributed by atoms with Gasteiger partial charge in [-0.25, -0.2) is 0 Å². The SMILES string of the molecule is COc1ccc(CCn2c(C)cc(C(=O)COC(=O)CCN3c4ccccc4Sc4ccccc43)c2C)cc1. The lowest BCUT2D eigenvalue weighted by atomic mass is 10.1. The van der Waals surface area contributed by atoms with Crippen LogP contribution < -0.4 is 9.64 Å². The summed E-state index contributed by atoms with van der Waals surface area (Å²) < 4.78 is 12.8. The lowest BCUT2D eigenvalue weighted by molar-refractivity contribution is -0.142. The van der Waals surface area contributed by atoms with Gasteiger partial charge < -0.3 is 18.9 Å². The van der Waals surface area contributed by atoms with E-state index in [9.17, 15) is 9.59 Å². The number of carbonyl (C=O) groups excluding carboxylic acids is 2. The highest BCUT2D eigenvalue weighted by Crippen LogP contribution is 2.47. The predicted octanol–water partition coefficient (Wildman–Crippen LogP) is 6.78. The normalized spacial score (nSPS) is 12.0. The van der Waals surface area contributed by atoms with Crippen molar-refractivity contribution in [2.45, 2.75) is 43.0 Å². The monoisotopic (exact) mass is 540 g/mol. The van der Waals surface area contributed by atoms with Crippen molar-refractivity contribution in [2.75, 3.05) is 25.2 Å². The molecule has 3 aromatic carbocycles. The second-order valence-electron chi connectivity index (χ2n) is 9.56. The molecular formula is C32H32N2O4S. The molecule has 4 aromatic rings. The van der Waals surface area contributed by atoms with Gasteiger partial charge in [-0.2, -0.15) is 0 Å². The van der Waals surface area contributed by atoms with E-state index in [1.807, 2.05) is 56.3 Å². The van der Waals surface area contributed by atoms with Gasteiger partial charge in [-0.3, -0.25) is 9.59 Å². The number of esters is 1. The molecule has 0 saturated heterocycles. The number of ketones is 1. The van der Waals surface area contributed by atoms with Crippen LogP contribution in [0.15, 0.2) is 88.7 Å². The Bertz CT molecular complexity index is 1450. The fraction of sp³-hybridized carbons (Fsp3) is 0.250. The van der Waals surface area contributed by atoms with Crippen LogP contribution >= 0.6 is 11.8 Å². The lowest BCUT2D eigenvalue weighted by Crippen LogP contribution is -2.25. The number of aryl methyl sites for hydroxylation is 2. The summed E-state index contributed by atoms with van der Waals surface area (Å²) in [4.78, 5) is 30.1. The van der Waals surface area contributed by atoms with Crippen LogP contribution in [0, 0.1) is 13.8 Å². The van der Waals surface area contributed by atoms with Crippen molar-refractivity contribution in [3.63, 3.8) is 0 Å². The fourth-order valence-corrected chi connectivity index (χ4v) is 6.08. The Kier molecular flexibility index (Phi) is 8.07. The van der Waals surface area contributed by atoms with Crippen molar-refractivity contribution < 1.29 is 19.1 Å². The van der Waals surface area contributed by atoms with E-state index in [2.05, 4.69) is 45.9 Å². The van der Waals surface area contributed by atoms with Gasteiger partial charge in [-0.05, 0) is 68.3 Å². The highest BCUT2D eigenvalue weighted by molar-refractivity contribution is 7.99. The van der Waals surface area contributed by atoms with Crippen LogP contribution in [0.4, 0.5) is 11.4 Å². The molecule has 7 heteroatoms. The van der Waals surface area contributed by atoms with Crippen LogP contribution in [0.2, 0.25) is 0 Å². The number of methoxy groups -OCH3 is 1. The number of rotatable bonds is 10. The quantitative estimate of drug-likeness (QED) is 0.163. The Labute approximate surface area is 233 Å². The predicted molar refractivity (Wildman–Crippen MR) is 155 cm³/mol. The number of nitrogens with zero attached hydrogens (tertiary/aromatic N) is 2. The van der Waals surface area contributed by atoms with Gasteiger partial charge in [0.05, 0.1) is 24.9 Å². The Balaban J connectivity index is 1.17. The summed E-state index contributed by atoms with van der Waals surface area (Å²) in [5.41, 5.74) is 5.85. The largest absolute Gasteiger partial charge is 0.497 e. The van der Waals surface area contributed by atoms with E-state index in [0.717, 1.165) is 51.3 Å². The number of para-hydroxylation sites is 2. The smallest absolute Gasteiger partial charge is 0.308 e. The first kappa shape index (κ1) is 26.6. The summed E-state index contributed by atoms with van der Waals surface area (Å²) in [7, 11) is 1.66. The Morgan fingerprint density at radius 1 is 0.846 bits per heavy atom. The number of hydrogen-bond donors (Lipinski definition) is 0. The maximum atomic E-state index is 13.0. The van der Waals surface area contributed by atoms with E-state index < -0.39 is 0 Å². The molecule has 2 heterocycles. The molecule has 1 aliphatic heterocycles. The number of ether oxygens (including phenoxy) is 2. The highest BCUT2D eigenvalue weighted by Gasteiger charge is 2.24. The highest BCUT2D eigenvalue weighted by atomic mass is 32.2. The van der Waals surface area contributed by atoms with Crippen LogP contribution in [-0.4, -0.2) is 36.6 Å². The van der Waals surface area contributed by atoms with Gasteiger partial charge in [0.2, 0.25) is 5.78 Å². The second-order valence-corrected chi connectivity index (χ2v) is 10.6. The molecule has 0 fully saturated rings. The molecule has 0 spiro atoms. The van der Waals surface area contributed by atoms with Gasteiger partial charge >= 0.3 is 5.97 Å². The minimum atomic E-state index is -0.384. The first-order valence-corrected chi connectivity index (χ1v) is 13.9. The zero-order valence-electron chi connectivity index (χ0n) is 22.5. The zero-order chi connectivity index (χ0) is 27.4. The van der Waals surface area contributed by atoms with Gasteiger partial charge in [0.15, 0.2) is 6.61 Å². The standard InChI is InChI=1S/C32H32N2O4S/c1-22-20-26(23(2)33(22)18-16-24-12-14-25(37-3)15-13-24)29(35)21-38-32(36)17-19-34-27-8-4-6-10-30(27)39-31-11-7-5-9-28(31)34/h4-15,20H,16-19,21H2,1-3H3. The molecule has 0 amide bonds. The molecule has 0 N–H and O–H groups in total. The van der Waals surface area contributed by atoms with E-state index >= 15 is 0 Å². The molecule has 0 unspecified atom stereocenters. The summed E-state index contributed by atoms with van der Waals surface area (Å²) in [5, 5.41) is 0. The Hall–Kier alpha value is -3.97. The third kappa shape index (κ3) is 5.88. The van der Waals surface area contributed by atoms with Crippen molar-refractivity contribution in [3.8, 4) is 5.75 Å². The number of anilines is 2. The molecule has 0 aliphatic carbocycles. The van der Waals surface area contributed by atoms with E-state index in [0.29, 0.717) is 12.1 Å². The molecular weight excluding hydrogens is 508 g/mol. The van der Waals surface area contributed by atoms with Crippen LogP contribution in [0.25, 0.3) is 0 Å². The molecule has 0 radical (unpaired) electrons. The van der Waals surface area contributed by atoms with E-state index in [4.69, 9.17) is 9.47 Å². The fourth-order valence-electron chi connectivity index (χ4n) is 4.98. The number of carbonyl (C=O) groups is 2. The van der Waals surface area contributed by atoms with Crippen molar-refractivity contribution >= 4 is 34.9 Å². The summed E-state index contributed by atoms with van der Waals surface area (Å²) in [6.07, 6.45) is 1.02. The van der Waals surface area contributed by atoms with E-state index in [1.54, 1.807) is 18.9 Å². The number of benzene rings is 3. The molecule has 0 saturated carbocycles. The summed E-state index contributed by atoms with van der Waals surface area (Å²) in [6.45, 7) is 4.91. The average Bonchev–Trinajstić information content (AvgIpc) is 3.25. The number of hydrogen-bond acceptors (Lipinski definition) is 6. The van der Waals surface area contributed by atoms with E-state index in [1.165, 1.54) is 5.56 Å². The van der Waals surface area contributed by atoms with Gasteiger partial charge in [-0.15, -0.1) is 0 Å². The minimum absolute atomic E-state index is 0.182. The number of Topliss-reactive ketones (excluding diaryl/α,β-unsaturated/α-hetero) is 1. The molecule has 5 rings (SSSR count). The third-order valence-corrected chi connectivity index (χ3v) is 8.22. The molecule has 200 valence electrons. The molecule has 39 heavy (non-hydrogen) atoms. The van der Waals surface area contributed by atoms with E-state index in [-0.39, 0.29) is 24.8 Å². The van der Waals surface area contributed by atoms with Crippen LogP contribution in [0.3, 0.4) is 0 Å². The van der Waals surface area contributed by atoms with Gasteiger partial charge in [-0.1, -0.05) is 48.2 Å².